The minimum Gasteiger partial charge on any atom is -0.496 e. The monoisotopic (exact) mass is 241 g/mol. The number of nitro benzene ring substituents is 1. The van der Waals surface area contributed by atoms with Crippen LogP contribution in [0.5, 0.6) is 11.5 Å². The van der Waals surface area contributed by atoms with E-state index in [2.05, 4.69) is 0 Å². The van der Waals surface area contributed by atoms with Crippen LogP contribution >= 0.6 is 0 Å². The van der Waals surface area contributed by atoms with E-state index in [9.17, 15) is 14.9 Å². The largest absolute Gasteiger partial charge is 0.496 e. The molecule has 3 N–H and O–H groups in total. The van der Waals surface area contributed by atoms with Crippen molar-refractivity contribution in [3.8, 4) is 11.5 Å². The lowest BCUT2D eigenvalue weighted by Gasteiger charge is -2.09. The Labute approximate surface area is 96.4 Å². The summed E-state index contributed by atoms with van der Waals surface area (Å²) in [5.41, 5.74) is 1.44. The average Bonchev–Trinajstić information content (AvgIpc) is 2.35. The number of nitrogens with one attached hydrogen (secondary N) is 1. The van der Waals surface area contributed by atoms with E-state index in [4.69, 9.17) is 15.3 Å². The van der Waals surface area contributed by atoms with Crippen molar-refractivity contribution in [2.75, 3.05) is 14.2 Å². The van der Waals surface area contributed by atoms with Crippen LogP contribution in [0.15, 0.2) is 12.1 Å². The van der Waals surface area contributed by atoms with E-state index in [0.717, 1.165) is 6.07 Å². The summed E-state index contributed by atoms with van der Waals surface area (Å²) in [4.78, 5) is 21.6. The smallest absolute Gasteiger partial charge is 0.315 e. The normalized spacial score (nSPS) is 9.59. The molecule has 0 aliphatic heterocycles. The third-order valence-corrected chi connectivity index (χ3v) is 2.06. The first kappa shape index (κ1) is 12.7. The number of ether oxygens (including phenoxy) is 2. The molecule has 8 nitrogen and oxygen atoms in total. The summed E-state index contributed by atoms with van der Waals surface area (Å²) < 4.78 is 9.71. The third-order valence-electron chi connectivity index (χ3n) is 2.06. The molecule has 0 saturated heterocycles. The van der Waals surface area contributed by atoms with Crippen molar-refractivity contribution in [2.45, 2.75) is 0 Å². The van der Waals surface area contributed by atoms with Gasteiger partial charge < -0.3 is 9.47 Å². The highest BCUT2D eigenvalue weighted by molar-refractivity contribution is 5.98. The molecule has 0 aliphatic rings. The summed E-state index contributed by atoms with van der Waals surface area (Å²) in [7, 11) is 2.55. The fourth-order valence-electron chi connectivity index (χ4n) is 1.30. The summed E-state index contributed by atoms with van der Waals surface area (Å²) in [5.74, 6) is 4.27. The van der Waals surface area contributed by atoms with Crippen LogP contribution < -0.4 is 20.7 Å². The minimum atomic E-state index is -0.705. The Morgan fingerprint density at radius 3 is 2.47 bits per heavy atom. The second-order valence-corrected chi connectivity index (χ2v) is 2.96. The maximum Gasteiger partial charge on any atom is 0.315 e. The number of hydrazine groups is 1. The van der Waals surface area contributed by atoms with Crippen molar-refractivity contribution < 1.29 is 19.2 Å². The van der Waals surface area contributed by atoms with Crippen molar-refractivity contribution in [2.24, 2.45) is 5.84 Å². The summed E-state index contributed by atoms with van der Waals surface area (Å²) in [6.45, 7) is 0. The molecule has 1 amide bonds. The summed E-state index contributed by atoms with van der Waals surface area (Å²) in [6.07, 6.45) is 0. The second kappa shape index (κ2) is 5.12. The number of hydrogen-bond acceptors (Lipinski definition) is 6. The lowest BCUT2D eigenvalue weighted by molar-refractivity contribution is -0.385. The fraction of sp³-hybridized carbons (Fsp3) is 0.222. The Hall–Kier alpha value is -2.35. The van der Waals surface area contributed by atoms with Gasteiger partial charge in [0, 0.05) is 0 Å². The summed E-state index contributed by atoms with van der Waals surface area (Å²) in [5, 5.41) is 10.8. The standard InChI is InChI=1S/C9H11N3O5/c1-16-5-3-6(9(13)11-10)8(17-2)7(4-5)12(14)15/h3-4H,10H2,1-2H3,(H,11,13). The molecule has 0 aliphatic carbocycles. The highest BCUT2D eigenvalue weighted by Gasteiger charge is 2.24. The molecule has 1 rings (SSSR count). The van der Waals surface area contributed by atoms with Gasteiger partial charge in [0.15, 0.2) is 0 Å². The SMILES string of the molecule is COc1cc(C(=O)NN)c(OC)c([N+](=O)[O-])c1. The van der Waals surface area contributed by atoms with Gasteiger partial charge in [-0.3, -0.25) is 20.3 Å². The van der Waals surface area contributed by atoms with E-state index in [1.54, 1.807) is 0 Å². The molecule has 0 aromatic heterocycles. The topological polar surface area (TPSA) is 117 Å². The van der Waals surface area contributed by atoms with Crippen molar-refractivity contribution in [1.29, 1.82) is 0 Å². The molecule has 17 heavy (non-hydrogen) atoms. The Morgan fingerprint density at radius 1 is 1.41 bits per heavy atom. The van der Waals surface area contributed by atoms with Crippen LogP contribution in [0.25, 0.3) is 0 Å². The molecule has 1 aromatic carbocycles. The third kappa shape index (κ3) is 2.42. The summed E-state index contributed by atoms with van der Waals surface area (Å²) in [6, 6.07) is 2.46. The summed E-state index contributed by atoms with van der Waals surface area (Å²) >= 11 is 0. The van der Waals surface area contributed by atoms with Crippen molar-refractivity contribution in [1.82, 2.24) is 5.43 Å². The number of methoxy groups -OCH3 is 2. The van der Waals surface area contributed by atoms with E-state index in [-0.39, 0.29) is 22.7 Å². The Kier molecular flexibility index (Phi) is 3.83. The van der Waals surface area contributed by atoms with Gasteiger partial charge >= 0.3 is 5.69 Å². The van der Waals surface area contributed by atoms with Crippen LogP contribution in [0.2, 0.25) is 0 Å². The van der Waals surface area contributed by atoms with Gasteiger partial charge in [-0.2, -0.15) is 0 Å². The zero-order valence-electron chi connectivity index (χ0n) is 9.22. The number of hydrogen-bond donors (Lipinski definition) is 2. The lowest BCUT2D eigenvalue weighted by atomic mass is 10.1. The molecule has 0 atom stereocenters. The van der Waals surface area contributed by atoms with E-state index < -0.39 is 10.8 Å². The number of benzene rings is 1. The van der Waals surface area contributed by atoms with Crippen LogP contribution in [0.3, 0.4) is 0 Å². The highest BCUT2D eigenvalue weighted by Crippen LogP contribution is 2.35. The number of nitrogens with zero attached hydrogens (tertiary/aromatic N) is 1. The van der Waals surface area contributed by atoms with Crippen LogP contribution in [0, 0.1) is 10.1 Å². The van der Waals surface area contributed by atoms with Crippen LogP contribution in [-0.4, -0.2) is 25.1 Å². The Bertz CT molecular complexity index is 460. The maximum atomic E-state index is 11.4. The van der Waals surface area contributed by atoms with Gasteiger partial charge in [-0.15, -0.1) is 0 Å². The molecule has 0 heterocycles. The number of nitro groups is 1. The number of nitrogens with two attached hydrogens (primary N) is 1. The second-order valence-electron chi connectivity index (χ2n) is 2.96. The molecule has 0 bridgehead atoms. The molecule has 0 unspecified atom stereocenters. The van der Waals surface area contributed by atoms with Gasteiger partial charge in [-0.05, 0) is 6.07 Å². The molecule has 0 saturated carbocycles. The predicted molar refractivity (Wildman–Crippen MR) is 57.9 cm³/mol. The minimum absolute atomic E-state index is 0.0685. The van der Waals surface area contributed by atoms with E-state index >= 15 is 0 Å². The Balaban J connectivity index is 3.50. The molecule has 1 aromatic rings. The van der Waals surface area contributed by atoms with Crippen molar-refractivity contribution >= 4 is 11.6 Å². The maximum absolute atomic E-state index is 11.4. The number of nitrogen functional groups attached to an aromatic ring is 1. The van der Waals surface area contributed by atoms with Crippen LogP contribution in [-0.2, 0) is 0 Å². The molecule has 8 heteroatoms. The van der Waals surface area contributed by atoms with Gasteiger partial charge in [-0.1, -0.05) is 0 Å². The number of carbonyl (C=O) groups excluding carboxylic acids is 1. The average molecular weight is 241 g/mol. The zero-order valence-corrected chi connectivity index (χ0v) is 9.22. The van der Waals surface area contributed by atoms with Crippen LogP contribution in [0.4, 0.5) is 5.69 Å². The quantitative estimate of drug-likeness (QED) is 0.337. The van der Waals surface area contributed by atoms with Gasteiger partial charge in [0.2, 0.25) is 5.75 Å². The fourth-order valence-corrected chi connectivity index (χ4v) is 1.30. The highest BCUT2D eigenvalue weighted by atomic mass is 16.6. The molecular weight excluding hydrogens is 230 g/mol. The van der Waals surface area contributed by atoms with Gasteiger partial charge in [0.1, 0.15) is 5.75 Å². The van der Waals surface area contributed by atoms with Gasteiger partial charge in [-0.25, -0.2) is 5.84 Å². The zero-order chi connectivity index (χ0) is 13.0. The number of rotatable bonds is 4. The van der Waals surface area contributed by atoms with Crippen molar-refractivity contribution in [3.05, 3.63) is 27.8 Å². The number of amides is 1. The predicted octanol–water partition coefficient (Wildman–Crippen LogP) is 0.215. The molecule has 0 spiro atoms. The van der Waals surface area contributed by atoms with E-state index in [0.29, 0.717) is 0 Å². The molecule has 0 fully saturated rings. The first-order valence-corrected chi connectivity index (χ1v) is 4.46. The first-order valence-electron chi connectivity index (χ1n) is 4.46. The van der Waals surface area contributed by atoms with E-state index in [1.807, 2.05) is 5.43 Å². The van der Waals surface area contributed by atoms with Gasteiger partial charge in [0.05, 0.1) is 30.8 Å². The Morgan fingerprint density at radius 2 is 2.06 bits per heavy atom. The molecule has 0 radical (unpaired) electrons. The van der Waals surface area contributed by atoms with E-state index in [1.165, 1.54) is 20.3 Å². The number of carbonyl (C=O) groups is 1. The van der Waals surface area contributed by atoms with Gasteiger partial charge in [0.25, 0.3) is 5.91 Å². The lowest BCUT2D eigenvalue weighted by Crippen LogP contribution is -2.30. The van der Waals surface area contributed by atoms with Crippen molar-refractivity contribution in [3.63, 3.8) is 0 Å². The molecular formula is C9H11N3O5. The van der Waals surface area contributed by atoms with Crippen LogP contribution in [0.1, 0.15) is 10.4 Å². The molecule has 92 valence electrons. The first-order chi connectivity index (χ1) is 8.04.